The molecule has 0 aromatic carbocycles. The second-order valence-corrected chi connectivity index (χ2v) is 7.96. The lowest BCUT2D eigenvalue weighted by Gasteiger charge is -2.35. The van der Waals surface area contributed by atoms with Crippen LogP contribution in [0.5, 0.6) is 0 Å². The summed E-state index contributed by atoms with van der Waals surface area (Å²) in [6.45, 7) is 7.75. The van der Waals surface area contributed by atoms with Gasteiger partial charge >= 0.3 is 0 Å². The maximum absolute atomic E-state index is 12.5. The molecule has 5 nitrogen and oxygen atoms in total. The number of rotatable bonds is 5. The molecule has 1 N–H and O–H groups in total. The van der Waals surface area contributed by atoms with E-state index in [4.69, 9.17) is 0 Å². The molecule has 0 atom stereocenters. The molecule has 0 bridgehead atoms. The lowest BCUT2D eigenvalue weighted by molar-refractivity contribution is 0.248. The second kappa shape index (κ2) is 7.02. The van der Waals surface area contributed by atoms with Gasteiger partial charge in [0, 0.05) is 32.2 Å². The summed E-state index contributed by atoms with van der Waals surface area (Å²) in [6.07, 6.45) is 6.75. The van der Waals surface area contributed by atoms with Crippen molar-refractivity contribution in [1.82, 2.24) is 13.9 Å². The first-order valence-electron chi connectivity index (χ1n) is 7.63. The van der Waals surface area contributed by atoms with Gasteiger partial charge < -0.3 is 5.32 Å². The number of hydrogen-bond acceptors (Lipinski definition) is 3. The Morgan fingerprint density at radius 2 is 1.85 bits per heavy atom. The van der Waals surface area contributed by atoms with Crippen molar-refractivity contribution in [1.29, 1.82) is 0 Å². The van der Waals surface area contributed by atoms with Crippen molar-refractivity contribution in [3.63, 3.8) is 0 Å². The van der Waals surface area contributed by atoms with Crippen LogP contribution in [0.25, 0.3) is 0 Å². The van der Waals surface area contributed by atoms with E-state index in [0.717, 1.165) is 25.8 Å². The van der Waals surface area contributed by atoms with Crippen LogP contribution in [0.1, 0.15) is 33.1 Å². The molecule has 2 rings (SSSR count). The number of nitrogens with zero attached hydrogens (tertiary/aromatic N) is 2. The van der Waals surface area contributed by atoms with Crippen LogP contribution in [0.3, 0.4) is 0 Å². The molecule has 2 aliphatic rings. The topological polar surface area (TPSA) is 52.7 Å². The maximum Gasteiger partial charge on any atom is 0.282 e. The summed E-state index contributed by atoms with van der Waals surface area (Å²) in [5, 5.41) is 3.44. The van der Waals surface area contributed by atoms with Crippen LogP contribution in [-0.4, -0.2) is 55.8 Å². The molecule has 6 heteroatoms. The van der Waals surface area contributed by atoms with E-state index in [1.54, 1.807) is 8.61 Å². The first-order chi connectivity index (χ1) is 9.50. The Kier molecular flexibility index (Phi) is 5.60. The van der Waals surface area contributed by atoms with E-state index in [1.807, 2.05) is 6.08 Å². The van der Waals surface area contributed by atoms with Gasteiger partial charge in [0.2, 0.25) is 0 Å². The van der Waals surface area contributed by atoms with Crippen molar-refractivity contribution < 1.29 is 8.42 Å². The molecule has 0 aliphatic carbocycles. The van der Waals surface area contributed by atoms with Gasteiger partial charge in [-0.05, 0) is 31.7 Å². The molecular weight excluding hydrogens is 274 g/mol. The Labute approximate surface area is 123 Å². The van der Waals surface area contributed by atoms with Crippen LogP contribution in [-0.2, 0) is 10.2 Å². The molecule has 2 heterocycles. The minimum atomic E-state index is -3.24. The average molecular weight is 301 g/mol. The number of piperidine rings is 1. The summed E-state index contributed by atoms with van der Waals surface area (Å²) in [4.78, 5) is 0. The minimum Gasteiger partial charge on any atom is -0.314 e. The summed E-state index contributed by atoms with van der Waals surface area (Å²) in [5.41, 5.74) is 0. The van der Waals surface area contributed by atoms with E-state index < -0.39 is 10.2 Å². The molecule has 1 saturated heterocycles. The standard InChI is InChI=1S/C14H27N3O2S/c1-13(2)15-12-14-6-10-17(11-7-14)20(18,19)16-8-4-3-5-9-16/h3-4,13-15H,5-12H2,1-2H3. The minimum absolute atomic E-state index is 0.497. The van der Waals surface area contributed by atoms with Crippen LogP contribution in [0.4, 0.5) is 0 Å². The van der Waals surface area contributed by atoms with Gasteiger partial charge in [-0.2, -0.15) is 17.0 Å². The third-order valence-corrected chi connectivity index (χ3v) is 6.06. The highest BCUT2D eigenvalue weighted by Crippen LogP contribution is 2.22. The van der Waals surface area contributed by atoms with Crippen LogP contribution in [0.2, 0.25) is 0 Å². The second-order valence-electron chi connectivity index (χ2n) is 6.03. The highest BCUT2D eigenvalue weighted by Gasteiger charge is 2.32. The molecule has 0 saturated carbocycles. The summed E-state index contributed by atoms with van der Waals surface area (Å²) in [7, 11) is -3.24. The fourth-order valence-corrected chi connectivity index (χ4v) is 4.35. The van der Waals surface area contributed by atoms with E-state index in [2.05, 4.69) is 25.2 Å². The highest BCUT2D eigenvalue weighted by atomic mass is 32.2. The summed E-state index contributed by atoms with van der Waals surface area (Å²) >= 11 is 0. The molecule has 0 aromatic heterocycles. The normalized spacial score (nSPS) is 23.6. The van der Waals surface area contributed by atoms with Crippen molar-refractivity contribution in [2.75, 3.05) is 32.7 Å². The van der Waals surface area contributed by atoms with Gasteiger partial charge in [0.25, 0.3) is 10.2 Å². The predicted molar refractivity (Wildman–Crippen MR) is 81.7 cm³/mol. The Morgan fingerprint density at radius 1 is 1.15 bits per heavy atom. The lowest BCUT2D eigenvalue weighted by Crippen LogP contribution is -2.49. The Morgan fingerprint density at radius 3 is 2.40 bits per heavy atom. The molecule has 0 unspecified atom stereocenters. The summed E-state index contributed by atoms with van der Waals surface area (Å²) in [5.74, 6) is 0.602. The fraction of sp³-hybridized carbons (Fsp3) is 0.857. The van der Waals surface area contributed by atoms with Gasteiger partial charge in [-0.25, -0.2) is 0 Å². The molecule has 116 valence electrons. The van der Waals surface area contributed by atoms with Gasteiger partial charge in [0.15, 0.2) is 0 Å². The third kappa shape index (κ3) is 4.04. The molecule has 20 heavy (non-hydrogen) atoms. The van der Waals surface area contributed by atoms with Crippen molar-refractivity contribution in [2.24, 2.45) is 5.92 Å². The van der Waals surface area contributed by atoms with E-state index in [9.17, 15) is 8.42 Å². The molecule has 0 radical (unpaired) electrons. The average Bonchev–Trinajstić information content (AvgIpc) is 2.46. The number of nitrogens with one attached hydrogen (secondary N) is 1. The lowest BCUT2D eigenvalue weighted by atomic mass is 9.98. The smallest absolute Gasteiger partial charge is 0.282 e. The molecule has 0 spiro atoms. The largest absolute Gasteiger partial charge is 0.314 e. The van der Waals surface area contributed by atoms with Crippen molar-refractivity contribution in [3.8, 4) is 0 Å². The van der Waals surface area contributed by atoms with E-state index in [1.165, 1.54) is 0 Å². The maximum atomic E-state index is 12.5. The quantitative estimate of drug-likeness (QED) is 0.777. The first-order valence-corrected chi connectivity index (χ1v) is 9.03. The zero-order valence-electron chi connectivity index (χ0n) is 12.6. The number of hydrogen-bond donors (Lipinski definition) is 1. The van der Waals surface area contributed by atoms with Gasteiger partial charge in [-0.15, -0.1) is 0 Å². The Hall–Kier alpha value is -0.430. The van der Waals surface area contributed by atoms with Crippen molar-refractivity contribution >= 4 is 10.2 Å². The van der Waals surface area contributed by atoms with E-state index >= 15 is 0 Å². The molecular formula is C14H27N3O2S. The Bertz CT molecular complexity index is 426. The van der Waals surface area contributed by atoms with Crippen LogP contribution >= 0.6 is 0 Å². The van der Waals surface area contributed by atoms with Crippen LogP contribution < -0.4 is 5.32 Å². The first kappa shape index (κ1) is 15.9. The molecule has 0 amide bonds. The monoisotopic (exact) mass is 301 g/mol. The van der Waals surface area contributed by atoms with Gasteiger partial charge in [0.05, 0.1) is 0 Å². The highest BCUT2D eigenvalue weighted by molar-refractivity contribution is 7.86. The SMILES string of the molecule is CC(C)NCC1CCN(S(=O)(=O)N2CC=CCC2)CC1. The molecule has 0 aromatic rings. The predicted octanol–water partition coefficient (Wildman–Crippen LogP) is 1.20. The van der Waals surface area contributed by atoms with Crippen LogP contribution in [0, 0.1) is 5.92 Å². The molecule has 2 aliphatic heterocycles. The van der Waals surface area contributed by atoms with E-state index in [0.29, 0.717) is 38.1 Å². The Balaban J connectivity index is 1.85. The van der Waals surface area contributed by atoms with Gasteiger partial charge in [-0.1, -0.05) is 26.0 Å². The third-order valence-electron chi connectivity index (χ3n) is 4.06. The zero-order valence-corrected chi connectivity index (χ0v) is 13.4. The van der Waals surface area contributed by atoms with E-state index in [-0.39, 0.29) is 0 Å². The fourth-order valence-electron chi connectivity index (χ4n) is 2.74. The van der Waals surface area contributed by atoms with Crippen LogP contribution in [0.15, 0.2) is 12.2 Å². The zero-order chi connectivity index (χ0) is 14.6. The van der Waals surface area contributed by atoms with Gasteiger partial charge in [-0.3, -0.25) is 0 Å². The summed E-state index contributed by atoms with van der Waals surface area (Å²) < 4.78 is 28.3. The van der Waals surface area contributed by atoms with Crippen molar-refractivity contribution in [2.45, 2.75) is 39.2 Å². The van der Waals surface area contributed by atoms with Gasteiger partial charge in [0.1, 0.15) is 0 Å². The summed E-state index contributed by atoms with van der Waals surface area (Å²) in [6, 6.07) is 0.497. The van der Waals surface area contributed by atoms with Crippen molar-refractivity contribution in [3.05, 3.63) is 12.2 Å². The molecule has 1 fully saturated rings.